The fourth-order valence-corrected chi connectivity index (χ4v) is 1.70. The van der Waals surface area contributed by atoms with Crippen LogP contribution in [0.2, 0.25) is 0 Å². The molecule has 2 aromatic heterocycles. The Morgan fingerprint density at radius 3 is 2.62 bits per heavy atom. The maximum absolute atomic E-state index is 11.0. The molecule has 21 heavy (non-hydrogen) atoms. The molecule has 0 bridgehead atoms. The van der Waals surface area contributed by atoms with Crippen LogP contribution in [0.25, 0.3) is 5.69 Å². The van der Waals surface area contributed by atoms with Crippen molar-refractivity contribution in [2.24, 2.45) is 0 Å². The van der Waals surface area contributed by atoms with Crippen LogP contribution in [0.4, 0.5) is 5.82 Å². The van der Waals surface area contributed by atoms with E-state index in [4.69, 9.17) is 10.5 Å². The molecule has 104 valence electrons. The van der Waals surface area contributed by atoms with Crippen molar-refractivity contribution in [3.8, 4) is 17.3 Å². The lowest BCUT2D eigenvalue weighted by Crippen LogP contribution is -2.02. The Morgan fingerprint density at radius 2 is 1.95 bits per heavy atom. The third-order valence-electron chi connectivity index (χ3n) is 2.73. The van der Waals surface area contributed by atoms with Crippen molar-refractivity contribution in [2.75, 3.05) is 5.73 Å². The smallest absolute Gasteiger partial charge is 0.235 e. The van der Waals surface area contributed by atoms with E-state index in [1.807, 2.05) is 0 Å². The fraction of sp³-hybridized carbons (Fsp3) is 0. The second-order valence-corrected chi connectivity index (χ2v) is 4.03. The topological polar surface area (TPSA) is 109 Å². The Kier molecular flexibility index (Phi) is 3.26. The lowest BCUT2D eigenvalue weighted by atomic mass is 10.3. The summed E-state index contributed by atoms with van der Waals surface area (Å²) in [4.78, 5) is 22.5. The van der Waals surface area contributed by atoms with Crippen molar-refractivity contribution in [2.45, 2.75) is 0 Å². The van der Waals surface area contributed by atoms with E-state index >= 15 is 0 Å². The summed E-state index contributed by atoms with van der Waals surface area (Å²) in [5.74, 6) is 0.709. The Balaban J connectivity index is 1.86. The van der Waals surface area contributed by atoms with Gasteiger partial charge in [0.1, 0.15) is 36.1 Å². The van der Waals surface area contributed by atoms with E-state index in [0.717, 1.165) is 5.69 Å². The van der Waals surface area contributed by atoms with Crippen LogP contribution >= 0.6 is 0 Å². The molecule has 2 heterocycles. The van der Waals surface area contributed by atoms with Gasteiger partial charge >= 0.3 is 0 Å². The van der Waals surface area contributed by atoms with Crippen LogP contribution in [0.5, 0.6) is 11.6 Å². The number of carbonyl (C=O) groups excluding carboxylic acids is 1. The summed E-state index contributed by atoms with van der Waals surface area (Å²) < 4.78 is 7.16. The number of ether oxygens (including phenoxy) is 1. The maximum Gasteiger partial charge on any atom is 0.235 e. The third kappa shape index (κ3) is 2.54. The van der Waals surface area contributed by atoms with Gasteiger partial charge in [-0.3, -0.25) is 4.79 Å². The maximum atomic E-state index is 11.0. The molecule has 0 aliphatic carbocycles. The van der Waals surface area contributed by atoms with Gasteiger partial charge in [-0.15, -0.1) is 0 Å². The lowest BCUT2D eigenvalue weighted by Gasteiger charge is -2.08. The van der Waals surface area contributed by atoms with Crippen molar-refractivity contribution in [3.63, 3.8) is 0 Å². The fourth-order valence-electron chi connectivity index (χ4n) is 1.70. The standard InChI is InChI=1S/C13H10N6O2/c14-12-11(5-20)13(17-7-16-12)21-10-3-1-9(2-4-10)19-8-15-6-18-19/h1-8H,(H2,14,16,17). The van der Waals surface area contributed by atoms with E-state index in [2.05, 4.69) is 20.1 Å². The Bertz CT molecular complexity index is 755. The molecule has 0 amide bonds. The number of benzene rings is 1. The molecular formula is C13H10N6O2. The molecule has 3 aromatic rings. The number of anilines is 1. The highest BCUT2D eigenvalue weighted by molar-refractivity contribution is 5.84. The van der Waals surface area contributed by atoms with Gasteiger partial charge in [-0.25, -0.2) is 19.6 Å². The molecule has 8 heteroatoms. The SMILES string of the molecule is Nc1ncnc(Oc2ccc(-n3cncn3)cc2)c1C=O. The summed E-state index contributed by atoms with van der Waals surface area (Å²) in [7, 11) is 0. The highest BCUT2D eigenvalue weighted by Gasteiger charge is 2.10. The molecule has 0 radical (unpaired) electrons. The average Bonchev–Trinajstić information content (AvgIpc) is 3.03. The minimum Gasteiger partial charge on any atom is -0.438 e. The molecular weight excluding hydrogens is 272 g/mol. The zero-order valence-electron chi connectivity index (χ0n) is 10.7. The molecule has 0 spiro atoms. The monoisotopic (exact) mass is 282 g/mol. The van der Waals surface area contributed by atoms with E-state index in [1.54, 1.807) is 35.3 Å². The van der Waals surface area contributed by atoms with Gasteiger partial charge in [0.05, 0.1) is 5.69 Å². The Hall–Kier alpha value is -3.29. The number of nitrogen functional groups attached to an aromatic ring is 1. The van der Waals surface area contributed by atoms with E-state index in [0.29, 0.717) is 12.0 Å². The summed E-state index contributed by atoms with van der Waals surface area (Å²) in [6.45, 7) is 0. The van der Waals surface area contributed by atoms with Crippen LogP contribution in [0.3, 0.4) is 0 Å². The number of nitrogens with zero attached hydrogens (tertiary/aromatic N) is 5. The van der Waals surface area contributed by atoms with E-state index in [9.17, 15) is 4.79 Å². The molecule has 0 atom stereocenters. The van der Waals surface area contributed by atoms with Gasteiger partial charge in [-0.2, -0.15) is 5.10 Å². The van der Waals surface area contributed by atoms with Crippen molar-refractivity contribution in [3.05, 3.63) is 48.8 Å². The minimum absolute atomic E-state index is 0.0780. The average molecular weight is 282 g/mol. The molecule has 0 aliphatic rings. The molecule has 1 aromatic carbocycles. The minimum atomic E-state index is 0.0780. The third-order valence-corrected chi connectivity index (χ3v) is 2.73. The van der Waals surface area contributed by atoms with Gasteiger partial charge in [0.15, 0.2) is 6.29 Å². The summed E-state index contributed by atoms with van der Waals surface area (Å²) in [5, 5.41) is 4.02. The molecule has 0 fully saturated rings. The van der Waals surface area contributed by atoms with E-state index < -0.39 is 0 Å². The molecule has 8 nitrogen and oxygen atoms in total. The van der Waals surface area contributed by atoms with Crippen LogP contribution in [-0.2, 0) is 0 Å². The Labute approximate surface area is 119 Å². The number of aromatic nitrogens is 5. The first-order chi connectivity index (χ1) is 10.3. The van der Waals surface area contributed by atoms with Crippen LogP contribution in [0, 0.1) is 0 Å². The highest BCUT2D eigenvalue weighted by atomic mass is 16.5. The van der Waals surface area contributed by atoms with Crippen molar-refractivity contribution >= 4 is 12.1 Å². The zero-order chi connectivity index (χ0) is 14.7. The summed E-state index contributed by atoms with van der Waals surface area (Å²) in [6.07, 6.45) is 4.84. The predicted octanol–water partition coefficient (Wildman–Crippen LogP) is 1.24. The van der Waals surface area contributed by atoms with Crippen molar-refractivity contribution in [1.82, 2.24) is 24.7 Å². The zero-order valence-corrected chi connectivity index (χ0v) is 10.7. The predicted molar refractivity (Wildman–Crippen MR) is 73.3 cm³/mol. The first-order valence-corrected chi connectivity index (χ1v) is 5.96. The van der Waals surface area contributed by atoms with Gasteiger partial charge < -0.3 is 10.5 Å². The first-order valence-electron chi connectivity index (χ1n) is 5.96. The number of hydrogen-bond donors (Lipinski definition) is 1. The van der Waals surface area contributed by atoms with Crippen molar-refractivity contribution in [1.29, 1.82) is 0 Å². The van der Waals surface area contributed by atoms with Crippen LogP contribution in [0.15, 0.2) is 43.2 Å². The number of hydrogen-bond acceptors (Lipinski definition) is 7. The van der Waals surface area contributed by atoms with E-state index in [1.165, 1.54) is 12.7 Å². The molecule has 0 saturated carbocycles. The molecule has 0 aliphatic heterocycles. The number of carbonyl (C=O) groups is 1. The molecule has 0 unspecified atom stereocenters. The van der Waals surface area contributed by atoms with Crippen LogP contribution in [0.1, 0.15) is 10.4 Å². The molecule has 2 N–H and O–H groups in total. The lowest BCUT2D eigenvalue weighted by molar-refractivity contribution is 0.112. The normalized spacial score (nSPS) is 10.3. The van der Waals surface area contributed by atoms with Gasteiger partial charge in [-0.05, 0) is 24.3 Å². The largest absolute Gasteiger partial charge is 0.438 e. The van der Waals surface area contributed by atoms with Crippen molar-refractivity contribution < 1.29 is 9.53 Å². The van der Waals surface area contributed by atoms with Crippen LogP contribution < -0.4 is 10.5 Å². The Morgan fingerprint density at radius 1 is 1.14 bits per heavy atom. The van der Waals surface area contributed by atoms with E-state index in [-0.39, 0.29) is 17.3 Å². The van der Waals surface area contributed by atoms with Gasteiger partial charge in [0.2, 0.25) is 5.88 Å². The quantitative estimate of drug-likeness (QED) is 0.717. The highest BCUT2D eigenvalue weighted by Crippen LogP contribution is 2.24. The van der Waals surface area contributed by atoms with Gasteiger partial charge in [0.25, 0.3) is 0 Å². The number of aldehydes is 1. The number of nitrogens with two attached hydrogens (primary N) is 1. The first kappa shape index (κ1) is 12.7. The van der Waals surface area contributed by atoms with Gasteiger partial charge in [0, 0.05) is 0 Å². The second-order valence-electron chi connectivity index (χ2n) is 4.03. The molecule has 0 saturated heterocycles. The molecule has 3 rings (SSSR count). The number of rotatable bonds is 4. The summed E-state index contributed by atoms with van der Waals surface area (Å²) >= 11 is 0. The second kappa shape index (κ2) is 5.37. The van der Waals surface area contributed by atoms with Crippen LogP contribution in [-0.4, -0.2) is 31.0 Å². The summed E-state index contributed by atoms with van der Waals surface area (Å²) in [5.41, 5.74) is 6.55. The van der Waals surface area contributed by atoms with Gasteiger partial charge in [-0.1, -0.05) is 0 Å². The summed E-state index contributed by atoms with van der Waals surface area (Å²) in [6, 6.07) is 7.05.